The zero-order valence-corrected chi connectivity index (χ0v) is 14.6. The monoisotopic (exact) mass is 340 g/mol. The average Bonchev–Trinajstić information content (AvgIpc) is 2.69. The Labute approximate surface area is 148 Å². The Morgan fingerprint density at radius 2 is 1.96 bits per heavy atom. The molecule has 0 atom stereocenters. The van der Waals surface area contributed by atoms with E-state index in [1.165, 1.54) is 0 Å². The number of anilines is 1. The fraction of sp³-hybridized carbons (Fsp3) is 0.421. The molecule has 6 nitrogen and oxygen atoms in total. The van der Waals surface area contributed by atoms with Gasteiger partial charge >= 0.3 is 0 Å². The van der Waals surface area contributed by atoms with E-state index >= 15 is 0 Å². The predicted molar refractivity (Wildman–Crippen MR) is 97.7 cm³/mol. The number of nitrogens with zero attached hydrogens (tertiary/aromatic N) is 3. The van der Waals surface area contributed by atoms with Gasteiger partial charge in [-0.15, -0.1) is 0 Å². The van der Waals surface area contributed by atoms with Crippen LogP contribution in [0.1, 0.15) is 30.1 Å². The van der Waals surface area contributed by atoms with Gasteiger partial charge in [-0.1, -0.05) is 25.5 Å². The number of aromatic nitrogens is 2. The van der Waals surface area contributed by atoms with Gasteiger partial charge in [-0.3, -0.25) is 4.79 Å². The maximum atomic E-state index is 12.1. The Morgan fingerprint density at radius 3 is 2.68 bits per heavy atom. The van der Waals surface area contributed by atoms with Crippen LogP contribution < -0.4 is 10.2 Å². The lowest BCUT2D eigenvalue weighted by Gasteiger charge is -2.27. The molecule has 0 unspecified atom stereocenters. The fourth-order valence-corrected chi connectivity index (χ4v) is 2.74. The minimum atomic E-state index is -0.0308. The fourth-order valence-electron chi connectivity index (χ4n) is 2.74. The summed E-state index contributed by atoms with van der Waals surface area (Å²) >= 11 is 0. The summed E-state index contributed by atoms with van der Waals surface area (Å²) in [6, 6.07) is 9.53. The molecule has 1 aromatic heterocycles. The molecular formula is C19H24N4O2. The summed E-state index contributed by atoms with van der Waals surface area (Å²) in [5.74, 6) is 0.881. The van der Waals surface area contributed by atoms with Gasteiger partial charge in [0.25, 0.3) is 5.91 Å². The van der Waals surface area contributed by atoms with E-state index < -0.39 is 0 Å². The van der Waals surface area contributed by atoms with E-state index in [1.807, 2.05) is 30.3 Å². The Hall–Kier alpha value is -2.47. The third kappa shape index (κ3) is 4.54. The van der Waals surface area contributed by atoms with E-state index in [1.54, 1.807) is 6.33 Å². The molecule has 1 saturated heterocycles. The number of hydrogen-bond donors (Lipinski definition) is 1. The molecule has 2 heterocycles. The minimum absolute atomic E-state index is 0.0308. The molecule has 1 amide bonds. The number of rotatable bonds is 6. The van der Waals surface area contributed by atoms with Crippen molar-refractivity contribution in [1.82, 2.24) is 15.3 Å². The maximum Gasteiger partial charge on any atom is 0.251 e. The summed E-state index contributed by atoms with van der Waals surface area (Å²) in [7, 11) is 0. The number of morpholine rings is 1. The number of carbonyl (C=O) groups excluding carboxylic acids is 1. The molecule has 25 heavy (non-hydrogen) atoms. The van der Waals surface area contributed by atoms with Crippen molar-refractivity contribution < 1.29 is 9.53 Å². The van der Waals surface area contributed by atoms with Crippen LogP contribution in [-0.4, -0.2) is 48.7 Å². The molecule has 1 N–H and O–H groups in total. The van der Waals surface area contributed by atoms with Gasteiger partial charge < -0.3 is 15.0 Å². The maximum absolute atomic E-state index is 12.1. The SMILES string of the molecule is CCCCNC(=O)c1ccc(-c2cc(N3CCOCC3)ncn2)cc1. The minimum Gasteiger partial charge on any atom is -0.378 e. The molecular weight excluding hydrogens is 316 g/mol. The molecule has 0 saturated carbocycles. The largest absolute Gasteiger partial charge is 0.378 e. The lowest BCUT2D eigenvalue weighted by Crippen LogP contribution is -2.36. The molecule has 2 aromatic rings. The van der Waals surface area contributed by atoms with Gasteiger partial charge in [0.1, 0.15) is 12.1 Å². The molecule has 1 aromatic carbocycles. The molecule has 1 aliphatic rings. The normalized spacial score (nSPS) is 14.4. The lowest BCUT2D eigenvalue weighted by atomic mass is 10.1. The molecule has 132 valence electrons. The van der Waals surface area contributed by atoms with Gasteiger partial charge in [-0.2, -0.15) is 0 Å². The Kier molecular flexibility index (Phi) is 5.95. The lowest BCUT2D eigenvalue weighted by molar-refractivity contribution is 0.0953. The summed E-state index contributed by atoms with van der Waals surface area (Å²) in [6.45, 7) is 5.95. The molecule has 0 bridgehead atoms. The van der Waals surface area contributed by atoms with Crippen LogP contribution >= 0.6 is 0 Å². The highest BCUT2D eigenvalue weighted by Crippen LogP contribution is 2.21. The quantitative estimate of drug-likeness (QED) is 0.819. The van der Waals surface area contributed by atoms with E-state index in [0.29, 0.717) is 12.1 Å². The number of unbranched alkanes of at least 4 members (excludes halogenated alkanes) is 1. The third-order valence-corrected chi connectivity index (χ3v) is 4.25. The van der Waals surface area contributed by atoms with Crippen molar-refractivity contribution in [3.8, 4) is 11.3 Å². The number of nitrogens with one attached hydrogen (secondary N) is 1. The summed E-state index contributed by atoms with van der Waals surface area (Å²) in [5, 5.41) is 2.93. The van der Waals surface area contributed by atoms with Crippen molar-refractivity contribution in [1.29, 1.82) is 0 Å². The van der Waals surface area contributed by atoms with Crippen LogP contribution in [0.15, 0.2) is 36.7 Å². The summed E-state index contributed by atoms with van der Waals surface area (Å²) in [5.41, 5.74) is 2.50. The van der Waals surface area contributed by atoms with Crippen molar-refractivity contribution in [3.05, 3.63) is 42.2 Å². The van der Waals surface area contributed by atoms with E-state index in [0.717, 1.165) is 56.2 Å². The topological polar surface area (TPSA) is 67.4 Å². The highest BCUT2D eigenvalue weighted by Gasteiger charge is 2.13. The first-order valence-corrected chi connectivity index (χ1v) is 8.81. The second-order valence-electron chi connectivity index (χ2n) is 6.05. The standard InChI is InChI=1S/C19H24N4O2/c1-2-3-8-20-19(24)16-6-4-15(5-7-16)17-13-18(22-14-21-17)23-9-11-25-12-10-23/h4-7,13-14H,2-3,8-12H2,1H3,(H,20,24). The van der Waals surface area contributed by atoms with Crippen molar-refractivity contribution in [3.63, 3.8) is 0 Å². The van der Waals surface area contributed by atoms with Crippen LogP contribution in [-0.2, 0) is 4.74 Å². The van der Waals surface area contributed by atoms with Crippen LogP contribution in [0.25, 0.3) is 11.3 Å². The van der Waals surface area contributed by atoms with Crippen LogP contribution in [0.2, 0.25) is 0 Å². The zero-order valence-electron chi connectivity index (χ0n) is 14.6. The number of carbonyl (C=O) groups is 1. The number of ether oxygens (including phenoxy) is 1. The zero-order chi connectivity index (χ0) is 17.5. The summed E-state index contributed by atoms with van der Waals surface area (Å²) in [4.78, 5) is 23.0. The van der Waals surface area contributed by atoms with Gasteiger partial charge in [0.15, 0.2) is 0 Å². The van der Waals surface area contributed by atoms with Crippen LogP contribution in [0, 0.1) is 0 Å². The molecule has 1 aliphatic heterocycles. The van der Waals surface area contributed by atoms with Crippen molar-refractivity contribution in [2.45, 2.75) is 19.8 Å². The van der Waals surface area contributed by atoms with Gasteiger partial charge in [0.05, 0.1) is 18.9 Å². The van der Waals surface area contributed by atoms with Crippen molar-refractivity contribution in [2.24, 2.45) is 0 Å². The smallest absolute Gasteiger partial charge is 0.251 e. The summed E-state index contributed by atoms with van der Waals surface area (Å²) < 4.78 is 5.38. The highest BCUT2D eigenvalue weighted by atomic mass is 16.5. The summed E-state index contributed by atoms with van der Waals surface area (Å²) in [6.07, 6.45) is 3.65. The number of hydrogen-bond acceptors (Lipinski definition) is 5. The van der Waals surface area contributed by atoms with E-state index in [-0.39, 0.29) is 5.91 Å². The third-order valence-electron chi connectivity index (χ3n) is 4.25. The molecule has 1 fully saturated rings. The van der Waals surface area contributed by atoms with Gasteiger partial charge in [-0.25, -0.2) is 9.97 Å². The van der Waals surface area contributed by atoms with Crippen molar-refractivity contribution >= 4 is 11.7 Å². The number of amides is 1. The first-order chi connectivity index (χ1) is 12.3. The van der Waals surface area contributed by atoms with Gasteiger partial charge in [0.2, 0.25) is 0 Å². The molecule has 0 spiro atoms. The highest BCUT2D eigenvalue weighted by molar-refractivity contribution is 5.94. The van der Waals surface area contributed by atoms with E-state index in [2.05, 4.69) is 27.1 Å². The van der Waals surface area contributed by atoms with E-state index in [4.69, 9.17) is 4.74 Å². The number of benzene rings is 1. The Bertz CT molecular complexity index is 697. The second kappa shape index (κ2) is 8.58. The first kappa shape index (κ1) is 17.4. The predicted octanol–water partition coefficient (Wildman–Crippen LogP) is 2.51. The molecule has 6 heteroatoms. The van der Waals surface area contributed by atoms with Crippen LogP contribution in [0.4, 0.5) is 5.82 Å². The van der Waals surface area contributed by atoms with Crippen LogP contribution in [0.5, 0.6) is 0 Å². The molecule has 0 aliphatic carbocycles. The molecule has 0 radical (unpaired) electrons. The van der Waals surface area contributed by atoms with Gasteiger partial charge in [0, 0.05) is 36.8 Å². The Morgan fingerprint density at radius 1 is 1.20 bits per heavy atom. The second-order valence-corrected chi connectivity index (χ2v) is 6.05. The van der Waals surface area contributed by atoms with Crippen molar-refractivity contribution in [2.75, 3.05) is 37.7 Å². The van der Waals surface area contributed by atoms with Crippen LogP contribution in [0.3, 0.4) is 0 Å². The molecule has 3 rings (SSSR count). The first-order valence-electron chi connectivity index (χ1n) is 8.81. The average molecular weight is 340 g/mol. The Balaban J connectivity index is 1.70. The van der Waals surface area contributed by atoms with Gasteiger partial charge in [-0.05, 0) is 18.6 Å². The van der Waals surface area contributed by atoms with E-state index in [9.17, 15) is 4.79 Å².